The van der Waals surface area contributed by atoms with Crippen LogP contribution in [-0.2, 0) is 11.4 Å². The Kier molecular flexibility index (Phi) is 7.35. The van der Waals surface area contributed by atoms with Crippen molar-refractivity contribution in [3.8, 4) is 5.75 Å². The highest BCUT2D eigenvalue weighted by molar-refractivity contribution is 6.31. The van der Waals surface area contributed by atoms with E-state index >= 15 is 0 Å². The van der Waals surface area contributed by atoms with Crippen molar-refractivity contribution in [1.29, 1.82) is 0 Å². The highest BCUT2D eigenvalue weighted by Crippen LogP contribution is 2.26. The van der Waals surface area contributed by atoms with E-state index in [2.05, 4.69) is 4.90 Å². The van der Waals surface area contributed by atoms with Crippen molar-refractivity contribution in [2.75, 3.05) is 39.3 Å². The van der Waals surface area contributed by atoms with Gasteiger partial charge in [0.1, 0.15) is 11.9 Å². The summed E-state index contributed by atoms with van der Waals surface area (Å²) in [6.45, 7) is 5.04. The summed E-state index contributed by atoms with van der Waals surface area (Å²) in [6, 6.07) is 5.46. The number of nitrogens with zero attached hydrogens (tertiary/aromatic N) is 2. The van der Waals surface area contributed by atoms with Crippen molar-refractivity contribution in [3.63, 3.8) is 0 Å². The fourth-order valence-electron chi connectivity index (χ4n) is 4.02. The van der Waals surface area contributed by atoms with E-state index < -0.39 is 5.97 Å². The molecule has 2 aliphatic rings. The molecule has 2 saturated heterocycles. The molecule has 3 rings (SSSR count). The quantitative estimate of drug-likeness (QED) is 0.737. The van der Waals surface area contributed by atoms with Gasteiger partial charge < -0.3 is 19.8 Å². The number of aliphatic carboxylic acids is 1. The van der Waals surface area contributed by atoms with Gasteiger partial charge in [-0.05, 0) is 62.4 Å². The van der Waals surface area contributed by atoms with Gasteiger partial charge in [0.05, 0.1) is 13.2 Å². The monoisotopic (exact) mass is 396 g/mol. The number of rotatable bonds is 7. The third-order valence-electron chi connectivity index (χ3n) is 5.61. The van der Waals surface area contributed by atoms with Crippen LogP contribution in [0, 0.1) is 5.92 Å². The fraction of sp³-hybridized carbons (Fsp3) is 0.650. The predicted octanol–water partition coefficient (Wildman–Crippen LogP) is 2.47. The van der Waals surface area contributed by atoms with Crippen LogP contribution in [0.25, 0.3) is 0 Å². The van der Waals surface area contributed by atoms with E-state index in [1.165, 1.54) is 0 Å². The number of hydrogen-bond donors (Lipinski definition) is 2. The number of carbonyl (C=O) groups is 1. The summed E-state index contributed by atoms with van der Waals surface area (Å²) in [7, 11) is 0. The van der Waals surface area contributed by atoms with Gasteiger partial charge in [0.15, 0.2) is 0 Å². The van der Waals surface area contributed by atoms with E-state index in [0.717, 1.165) is 64.2 Å². The first kappa shape index (κ1) is 20.4. The summed E-state index contributed by atoms with van der Waals surface area (Å²) >= 11 is 6.13. The van der Waals surface area contributed by atoms with E-state index in [-0.39, 0.29) is 19.3 Å². The molecule has 0 bridgehead atoms. The van der Waals surface area contributed by atoms with Crippen LogP contribution in [0.5, 0.6) is 5.75 Å². The number of aliphatic hydroxyl groups excluding tert-OH is 1. The molecule has 2 aliphatic heterocycles. The summed E-state index contributed by atoms with van der Waals surface area (Å²) in [5.41, 5.74) is 0.716. The molecule has 27 heavy (non-hydrogen) atoms. The van der Waals surface area contributed by atoms with Crippen LogP contribution >= 0.6 is 11.6 Å². The molecule has 150 valence electrons. The number of halogens is 1. The second kappa shape index (κ2) is 9.73. The van der Waals surface area contributed by atoms with Crippen molar-refractivity contribution >= 4 is 17.6 Å². The standard InChI is InChI=1S/C20H29ClN2O4/c21-19-11-18(2-1-16(19)14-24)27-17-5-9-22(10-6-17)12-15-3-7-23(8-4-15)13-20(25)26/h1-2,11,15,17,24H,3-10,12-14H2,(H,25,26). The van der Waals surface area contributed by atoms with Crippen LogP contribution < -0.4 is 4.74 Å². The Bertz CT molecular complexity index is 626. The SMILES string of the molecule is O=C(O)CN1CCC(CN2CCC(Oc3ccc(CO)c(Cl)c3)CC2)CC1. The zero-order valence-corrected chi connectivity index (χ0v) is 16.4. The smallest absolute Gasteiger partial charge is 0.317 e. The third kappa shape index (κ3) is 6.07. The van der Waals surface area contributed by atoms with Gasteiger partial charge in [-0.25, -0.2) is 0 Å². The van der Waals surface area contributed by atoms with Crippen LogP contribution in [0.3, 0.4) is 0 Å². The number of benzene rings is 1. The Morgan fingerprint density at radius 1 is 1.11 bits per heavy atom. The number of carboxylic acid groups (broad SMARTS) is 1. The van der Waals surface area contributed by atoms with Crippen LogP contribution in [0.1, 0.15) is 31.2 Å². The Labute approximate surface area is 165 Å². The number of piperidine rings is 2. The van der Waals surface area contributed by atoms with Gasteiger partial charge in [0.2, 0.25) is 0 Å². The molecule has 0 unspecified atom stereocenters. The first-order chi connectivity index (χ1) is 13.0. The maximum atomic E-state index is 10.8. The molecule has 1 aromatic rings. The summed E-state index contributed by atoms with van der Waals surface area (Å²) in [5, 5.41) is 18.6. The van der Waals surface area contributed by atoms with E-state index in [4.69, 9.17) is 21.4 Å². The highest BCUT2D eigenvalue weighted by Gasteiger charge is 2.26. The topological polar surface area (TPSA) is 73.2 Å². The molecule has 2 heterocycles. The average Bonchev–Trinajstić information content (AvgIpc) is 2.65. The molecule has 2 fully saturated rings. The summed E-state index contributed by atoms with van der Waals surface area (Å²) < 4.78 is 6.07. The van der Waals surface area contributed by atoms with Crippen LogP contribution in [-0.4, -0.2) is 71.4 Å². The summed E-state index contributed by atoms with van der Waals surface area (Å²) in [6.07, 6.45) is 4.36. The van der Waals surface area contributed by atoms with Gasteiger partial charge >= 0.3 is 5.97 Å². The largest absolute Gasteiger partial charge is 0.490 e. The molecule has 0 saturated carbocycles. The van der Waals surface area contributed by atoms with Crippen molar-refractivity contribution in [2.45, 2.75) is 38.4 Å². The molecule has 7 heteroatoms. The minimum Gasteiger partial charge on any atom is -0.490 e. The third-order valence-corrected chi connectivity index (χ3v) is 5.97. The van der Waals surface area contributed by atoms with Crippen molar-refractivity contribution in [3.05, 3.63) is 28.8 Å². The van der Waals surface area contributed by atoms with E-state index in [1.807, 2.05) is 17.0 Å². The van der Waals surface area contributed by atoms with Crippen molar-refractivity contribution in [1.82, 2.24) is 9.80 Å². The predicted molar refractivity (Wildman–Crippen MR) is 104 cm³/mol. The molecule has 0 atom stereocenters. The van der Waals surface area contributed by atoms with Crippen LogP contribution in [0.4, 0.5) is 0 Å². The molecule has 1 aromatic carbocycles. The maximum absolute atomic E-state index is 10.8. The Morgan fingerprint density at radius 3 is 2.37 bits per heavy atom. The Hall–Kier alpha value is -1.34. The van der Waals surface area contributed by atoms with Gasteiger partial charge in [0.25, 0.3) is 0 Å². The van der Waals surface area contributed by atoms with Gasteiger partial charge in [-0.3, -0.25) is 9.69 Å². The zero-order valence-electron chi connectivity index (χ0n) is 15.6. The maximum Gasteiger partial charge on any atom is 0.317 e. The Morgan fingerprint density at radius 2 is 1.78 bits per heavy atom. The van der Waals surface area contributed by atoms with Gasteiger partial charge in [0, 0.05) is 24.7 Å². The molecule has 0 amide bonds. The van der Waals surface area contributed by atoms with Gasteiger partial charge in [-0.1, -0.05) is 17.7 Å². The number of hydrogen-bond acceptors (Lipinski definition) is 5. The van der Waals surface area contributed by atoms with Gasteiger partial charge in [-0.2, -0.15) is 0 Å². The number of carboxylic acids is 1. The molecule has 0 aliphatic carbocycles. The first-order valence-corrected chi connectivity index (χ1v) is 10.1. The minimum absolute atomic E-state index is 0.0628. The normalized spacial score (nSPS) is 20.7. The second-order valence-corrected chi connectivity index (χ2v) is 8.05. The lowest BCUT2D eigenvalue weighted by Crippen LogP contribution is -2.44. The lowest BCUT2D eigenvalue weighted by atomic mass is 9.95. The first-order valence-electron chi connectivity index (χ1n) is 9.76. The molecular formula is C20H29ClN2O4. The zero-order chi connectivity index (χ0) is 19.2. The number of aliphatic hydroxyl groups is 1. The van der Waals surface area contributed by atoms with E-state index in [0.29, 0.717) is 16.5 Å². The van der Waals surface area contributed by atoms with E-state index in [1.54, 1.807) is 6.07 Å². The summed E-state index contributed by atoms with van der Waals surface area (Å²) in [5.74, 6) is 0.696. The minimum atomic E-state index is -0.734. The molecule has 6 nitrogen and oxygen atoms in total. The lowest BCUT2D eigenvalue weighted by molar-refractivity contribution is -0.138. The molecular weight excluding hydrogens is 368 g/mol. The van der Waals surface area contributed by atoms with Crippen molar-refractivity contribution < 1.29 is 19.7 Å². The Balaban J connectivity index is 1.38. The van der Waals surface area contributed by atoms with E-state index in [9.17, 15) is 9.90 Å². The molecule has 0 spiro atoms. The number of likely N-dealkylation sites (tertiary alicyclic amines) is 2. The van der Waals surface area contributed by atoms with Crippen LogP contribution in [0.2, 0.25) is 5.02 Å². The summed E-state index contributed by atoms with van der Waals surface area (Å²) in [4.78, 5) is 15.3. The van der Waals surface area contributed by atoms with Crippen molar-refractivity contribution in [2.24, 2.45) is 5.92 Å². The second-order valence-electron chi connectivity index (χ2n) is 7.64. The van der Waals surface area contributed by atoms with Crippen LogP contribution in [0.15, 0.2) is 18.2 Å². The number of ether oxygens (including phenoxy) is 1. The molecule has 2 N–H and O–H groups in total. The molecule has 0 radical (unpaired) electrons. The fourth-order valence-corrected chi connectivity index (χ4v) is 4.25. The highest BCUT2D eigenvalue weighted by atomic mass is 35.5. The average molecular weight is 397 g/mol. The van der Waals surface area contributed by atoms with Gasteiger partial charge in [-0.15, -0.1) is 0 Å². The molecule has 0 aromatic heterocycles. The lowest BCUT2D eigenvalue weighted by Gasteiger charge is -2.37.